The SMILES string of the molecule is O=C(O)CCOC1CCN(C(=O)N2CCCC2)CC1. The lowest BCUT2D eigenvalue weighted by Crippen LogP contribution is -2.47. The molecule has 1 N–H and O–H groups in total. The molecule has 19 heavy (non-hydrogen) atoms. The van der Waals surface area contributed by atoms with Crippen LogP contribution in [0.25, 0.3) is 0 Å². The van der Waals surface area contributed by atoms with Crippen molar-refractivity contribution in [1.29, 1.82) is 0 Å². The first kappa shape index (κ1) is 14.1. The second kappa shape index (κ2) is 6.75. The van der Waals surface area contributed by atoms with E-state index in [0.717, 1.165) is 38.8 Å². The van der Waals surface area contributed by atoms with Crippen LogP contribution in [0.1, 0.15) is 32.1 Å². The van der Waals surface area contributed by atoms with Crippen LogP contribution in [0.4, 0.5) is 4.79 Å². The Bertz CT molecular complexity index is 321. The molecule has 0 atom stereocenters. The molecule has 2 amide bonds. The van der Waals surface area contributed by atoms with Crippen molar-refractivity contribution in [2.75, 3.05) is 32.8 Å². The third-order valence-electron chi connectivity index (χ3n) is 3.76. The van der Waals surface area contributed by atoms with Crippen molar-refractivity contribution in [2.24, 2.45) is 0 Å². The van der Waals surface area contributed by atoms with E-state index in [1.807, 2.05) is 9.80 Å². The van der Waals surface area contributed by atoms with E-state index in [2.05, 4.69) is 0 Å². The number of ether oxygens (including phenoxy) is 1. The highest BCUT2D eigenvalue weighted by Gasteiger charge is 2.27. The zero-order valence-corrected chi connectivity index (χ0v) is 11.2. The van der Waals surface area contributed by atoms with Gasteiger partial charge in [-0.25, -0.2) is 4.79 Å². The summed E-state index contributed by atoms with van der Waals surface area (Å²) in [6, 6.07) is 0.154. The van der Waals surface area contributed by atoms with Gasteiger partial charge in [0.05, 0.1) is 19.1 Å². The van der Waals surface area contributed by atoms with Crippen molar-refractivity contribution in [3.05, 3.63) is 0 Å². The average Bonchev–Trinajstić information content (AvgIpc) is 2.92. The van der Waals surface area contributed by atoms with Gasteiger partial charge >= 0.3 is 12.0 Å². The molecule has 0 spiro atoms. The Kier molecular flexibility index (Phi) is 5.01. The van der Waals surface area contributed by atoms with Crippen LogP contribution in [-0.4, -0.2) is 65.8 Å². The smallest absolute Gasteiger partial charge is 0.320 e. The first-order valence-corrected chi connectivity index (χ1v) is 7.04. The molecule has 0 radical (unpaired) electrons. The molecule has 2 rings (SSSR count). The summed E-state index contributed by atoms with van der Waals surface area (Å²) in [6.07, 6.45) is 3.98. The van der Waals surface area contributed by atoms with Crippen molar-refractivity contribution < 1.29 is 19.4 Å². The van der Waals surface area contributed by atoms with E-state index in [-0.39, 0.29) is 25.2 Å². The van der Waals surface area contributed by atoms with Crippen LogP contribution in [0.15, 0.2) is 0 Å². The second-order valence-electron chi connectivity index (χ2n) is 5.18. The molecular formula is C13H22N2O4. The molecule has 2 aliphatic heterocycles. The van der Waals surface area contributed by atoms with E-state index in [1.54, 1.807) is 0 Å². The summed E-state index contributed by atoms with van der Waals surface area (Å²) >= 11 is 0. The average molecular weight is 270 g/mol. The molecule has 2 aliphatic rings. The van der Waals surface area contributed by atoms with E-state index >= 15 is 0 Å². The third-order valence-corrected chi connectivity index (χ3v) is 3.76. The topological polar surface area (TPSA) is 70.1 Å². The van der Waals surface area contributed by atoms with Crippen LogP contribution in [-0.2, 0) is 9.53 Å². The van der Waals surface area contributed by atoms with E-state index < -0.39 is 5.97 Å². The molecule has 2 heterocycles. The van der Waals surface area contributed by atoms with Crippen LogP contribution in [0.2, 0.25) is 0 Å². The number of urea groups is 1. The summed E-state index contributed by atoms with van der Waals surface area (Å²) in [7, 11) is 0. The Hall–Kier alpha value is -1.30. The maximum atomic E-state index is 12.1. The highest BCUT2D eigenvalue weighted by Crippen LogP contribution is 2.17. The Balaban J connectivity index is 1.67. The Morgan fingerprint density at radius 1 is 1.05 bits per heavy atom. The quantitative estimate of drug-likeness (QED) is 0.832. The minimum absolute atomic E-state index is 0.0485. The summed E-state index contributed by atoms with van der Waals surface area (Å²) in [5.41, 5.74) is 0. The van der Waals surface area contributed by atoms with Crippen molar-refractivity contribution in [3.63, 3.8) is 0 Å². The third kappa shape index (κ3) is 4.09. The molecule has 0 saturated carbocycles. The number of carbonyl (C=O) groups is 2. The van der Waals surface area contributed by atoms with Crippen molar-refractivity contribution in [3.8, 4) is 0 Å². The van der Waals surface area contributed by atoms with Crippen LogP contribution in [0, 0.1) is 0 Å². The highest BCUT2D eigenvalue weighted by atomic mass is 16.5. The number of hydrogen-bond acceptors (Lipinski definition) is 3. The summed E-state index contributed by atoms with van der Waals surface area (Å²) < 4.78 is 5.51. The van der Waals surface area contributed by atoms with Crippen molar-refractivity contribution >= 4 is 12.0 Å². The van der Waals surface area contributed by atoms with E-state index in [0.29, 0.717) is 13.1 Å². The van der Waals surface area contributed by atoms with Gasteiger partial charge in [-0.3, -0.25) is 4.79 Å². The molecule has 108 valence electrons. The summed E-state index contributed by atoms with van der Waals surface area (Å²) in [5.74, 6) is -0.832. The van der Waals surface area contributed by atoms with Crippen molar-refractivity contribution in [2.45, 2.75) is 38.2 Å². The number of amides is 2. The van der Waals surface area contributed by atoms with E-state index in [1.165, 1.54) is 0 Å². The summed E-state index contributed by atoms with van der Waals surface area (Å²) in [5, 5.41) is 8.54. The molecule has 0 aliphatic carbocycles. The van der Waals surface area contributed by atoms with Gasteiger partial charge in [0, 0.05) is 26.2 Å². The molecule has 0 aromatic rings. The summed E-state index contributed by atoms with van der Waals surface area (Å²) in [4.78, 5) is 26.3. The Morgan fingerprint density at radius 2 is 1.63 bits per heavy atom. The second-order valence-corrected chi connectivity index (χ2v) is 5.18. The standard InChI is InChI=1S/C13H22N2O4/c16-12(17)5-10-19-11-3-8-15(9-4-11)13(18)14-6-1-2-7-14/h11H,1-10H2,(H,16,17). The fourth-order valence-corrected chi connectivity index (χ4v) is 2.64. The number of carbonyl (C=O) groups excluding carboxylic acids is 1. The number of aliphatic carboxylic acids is 1. The number of likely N-dealkylation sites (tertiary alicyclic amines) is 2. The molecule has 2 fully saturated rings. The van der Waals surface area contributed by atoms with Gasteiger partial charge in [0.15, 0.2) is 0 Å². The summed E-state index contributed by atoms with van der Waals surface area (Å²) in [6.45, 7) is 3.46. The van der Waals surface area contributed by atoms with Crippen LogP contribution < -0.4 is 0 Å². The maximum Gasteiger partial charge on any atom is 0.320 e. The molecule has 2 saturated heterocycles. The van der Waals surface area contributed by atoms with Gasteiger partial charge in [0.1, 0.15) is 0 Å². The molecule has 6 heteroatoms. The molecular weight excluding hydrogens is 248 g/mol. The van der Waals surface area contributed by atoms with E-state index in [9.17, 15) is 9.59 Å². The number of hydrogen-bond donors (Lipinski definition) is 1. The highest BCUT2D eigenvalue weighted by molar-refractivity contribution is 5.74. The van der Waals surface area contributed by atoms with Gasteiger partial charge < -0.3 is 19.6 Å². The molecule has 6 nitrogen and oxygen atoms in total. The number of carboxylic acid groups (broad SMARTS) is 1. The minimum Gasteiger partial charge on any atom is -0.481 e. The number of nitrogens with zero attached hydrogens (tertiary/aromatic N) is 2. The van der Waals surface area contributed by atoms with Gasteiger partial charge in [0.25, 0.3) is 0 Å². The van der Waals surface area contributed by atoms with Gasteiger partial charge in [-0.05, 0) is 25.7 Å². The largest absolute Gasteiger partial charge is 0.481 e. The number of carboxylic acids is 1. The predicted molar refractivity (Wildman–Crippen MR) is 69.0 cm³/mol. The Morgan fingerprint density at radius 3 is 2.21 bits per heavy atom. The lowest BCUT2D eigenvalue weighted by molar-refractivity contribution is -0.138. The first-order valence-electron chi connectivity index (χ1n) is 7.04. The maximum absolute atomic E-state index is 12.1. The predicted octanol–water partition coefficient (Wildman–Crippen LogP) is 1.16. The van der Waals surface area contributed by atoms with E-state index in [4.69, 9.17) is 9.84 Å². The zero-order valence-electron chi connectivity index (χ0n) is 11.2. The minimum atomic E-state index is -0.832. The number of rotatable bonds is 4. The monoisotopic (exact) mass is 270 g/mol. The normalized spacial score (nSPS) is 20.8. The molecule has 0 unspecified atom stereocenters. The van der Waals surface area contributed by atoms with Gasteiger partial charge in [-0.2, -0.15) is 0 Å². The zero-order chi connectivity index (χ0) is 13.7. The van der Waals surface area contributed by atoms with Gasteiger partial charge in [-0.1, -0.05) is 0 Å². The lowest BCUT2D eigenvalue weighted by atomic mass is 10.1. The fraction of sp³-hybridized carbons (Fsp3) is 0.846. The van der Waals surface area contributed by atoms with Gasteiger partial charge in [0.2, 0.25) is 0 Å². The van der Waals surface area contributed by atoms with Crippen LogP contribution >= 0.6 is 0 Å². The number of piperidine rings is 1. The van der Waals surface area contributed by atoms with Crippen LogP contribution in [0.5, 0.6) is 0 Å². The van der Waals surface area contributed by atoms with Crippen molar-refractivity contribution in [1.82, 2.24) is 9.80 Å². The van der Waals surface area contributed by atoms with Crippen LogP contribution in [0.3, 0.4) is 0 Å². The molecule has 0 aromatic carbocycles. The molecule has 0 bridgehead atoms. The first-order chi connectivity index (χ1) is 9.16. The Labute approximate surface area is 113 Å². The lowest BCUT2D eigenvalue weighted by Gasteiger charge is -2.34. The van der Waals surface area contributed by atoms with Gasteiger partial charge in [-0.15, -0.1) is 0 Å². The fourth-order valence-electron chi connectivity index (χ4n) is 2.64. The molecule has 0 aromatic heterocycles.